The number of aromatic nitrogens is 7. The summed E-state index contributed by atoms with van der Waals surface area (Å²) < 4.78 is 20.4. The number of hydrogen-bond donors (Lipinski definition) is 3. The van der Waals surface area contributed by atoms with Crippen molar-refractivity contribution >= 4 is 33.7 Å². The average Bonchev–Trinajstić information content (AvgIpc) is 3.60. The third kappa shape index (κ3) is 5.90. The van der Waals surface area contributed by atoms with Crippen LogP contribution < -0.4 is 10.1 Å². The molecule has 0 aliphatic heterocycles. The maximum absolute atomic E-state index is 14.6. The molecule has 1 amide bonds. The van der Waals surface area contributed by atoms with Gasteiger partial charge in [0.05, 0.1) is 29.3 Å². The summed E-state index contributed by atoms with van der Waals surface area (Å²) in [5, 5.41) is 11.2. The molecule has 3 N–H and O–H groups in total. The number of halogens is 1. The van der Waals surface area contributed by atoms with Crippen molar-refractivity contribution in [3.63, 3.8) is 0 Å². The lowest BCUT2D eigenvalue weighted by Gasteiger charge is -2.12. The molecule has 0 aliphatic carbocycles. The second-order valence-corrected chi connectivity index (χ2v) is 10.8. The van der Waals surface area contributed by atoms with E-state index in [9.17, 15) is 9.18 Å². The number of rotatable bonds is 9. The van der Waals surface area contributed by atoms with Gasteiger partial charge in [-0.05, 0) is 50.0 Å². The summed E-state index contributed by atoms with van der Waals surface area (Å²) in [5.74, 6) is 0.281. The number of H-pyrrole nitrogens is 2. The molecule has 0 unspecified atom stereocenters. The zero-order valence-corrected chi connectivity index (χ0v) is 24.1. The fourth-order valence-corrected chi connectivity index (χ4v) is 4.59. The highest BCUT2D eigenvalue weighted by Gasteiger charge is 2.18. The molecule has 5 heterocycles. The quantitative estimate of drug-likeness (QED) is 0.210. The molecule has 218 valence electrons. The number of imidazole rings is 1. The Morgan fingerprint density at radius 3 is 2.74 bits per heavy atom. The fraction of sp³-hybridized carbons (Fsp3) is 0.226. The van der Waals surface area contributed by atoms with Gasteiger partial charge < -0.3 is 19.9 Å². The van der Waals surface area contributed by atoms with Crippen LogP contribution in [0.4, 0.5) is 10.1 Å². The second kappa shape index (κ2) is 11.6. The van der Waals surface area contributed by atoms with Crippen molar-refractivity contribution < 1.29 is 13.9 Å². The number of aromatic amines is 2. The lowest BCUT2D eigenvalue weighted by atomic mass is 10.1. The molecule has 0 spiro atoms. The largest absolute Gasteiger partial charge is 0.492 e. The summed E-state index contributed by atoms with van der Waals surface area (Å²) in [5.41, 5.74) is 5.71. The predicted molar refractivity (Wildman–Crippen MR) is 163 cm³/mol. The highest BCUT2D eigenvalue weighted by atomic mass is 19.1. The predicted octanol–water partition coefficient (Wildman–Crippen LogP) is 5.30. The summed E-state index contributed by atoms with van der Waals surface area (Å²) in [6.45, 7) is 4.80. The summed E-state index contributed by atoms with van der Waals surface area (Å²) >= 11 is 0. The first-order valence-corrected chi connectivity index (χ1v) is 13.8. The summed E-state index contributed by atoms with van der Waals surface area (Å²) in [6, 6.07) is 10.2. The van der Waals surface area contributed by atoms with Crippen molar-refractivity contribution in [1.82, 2.24) is 40.0 Å². The van der Waals surface area contributed by atoms with Crippen LogP contribution in [-0.4, -0.2) is 73.2 Å². The van der Waals surface area contributed by atoms with Crippen LogP contribution in [-0.2, 0) is 4.79 Å². The normalized spacial score (nSPS) is 11.6. The number of anilines is 1. The Balaban J connectivity index is 1.36. The maximum atomic E-state index is 14.6. The third-order valence-corrected chi connectivity index (χ3v) is 6.87. The fourth-order valence-electron chi connectivity index (χ4n) is 4.59. The molecule has 0 saturated heterocycles. The van der Waals surface area contributed by atoms with Crippen molar-refractivity contribution in [1.29, 1.82) is 0 Å². The molecule has 11 nitrogen and oxygen atoms in total. The highest BCUT2D eigenvalue weighted by molar-refractivity contribution is 5.97. The van der Waals surface area contributed by atoms with Gasteiger partial charge in [0.25, 0.3) is 0 Å². The van der Waals surface area contributed by atoms with Crippen LogP contribution in [0, 0.1) is 11.7 Å². The van der Waals surface area contributed by atoms with Crippen LogP contribution in [0.1, 0.15) is 13.8 Å². The first-order valence-electron chi connectivity index (χ1n) is 13.8. The number of pyridine rings is 3. The van der Waals surface area contributed by atoms with E-state index in [1.54, 1.807) is 36.9 Å². The molecule has 0 atom stereocenters. The number of ether oxygens (including phenoxy) is 1. The molecule has 0 fully saturated rings. The van der Waals surface area contributed by atoms with Crippen LogP contribution in [0.2, 0.25) is 0 Å². The first kappa shape index (κ1) is 27.9. The van der Waals surface area contributed by atoms with Gasteiger partial charge in [-0.3, -0.25) is 19.9 Å². The van der Waals surface area contributed by atoms with Gasteiger partial charge in [-0.1, -0.05) is 13.8 Å². The Kier molecular flexibility index (Phi) is 7.51. The van der Waals surface area contributed by atoms with Gasteiger partial charge in [0.2, 0.25) is 5.91 Å². The van der Waals surface area contributed by atoms with Crippen molar-refractivity contribution in [2.75, 3.05) is 32.6 Å². The van der Waals surface area contributed by atoms with Crippen molar-refractivity contribution in [3.05, 3.63) is 67.0 Å². The SMILES string of the molecule is CC(C)C(=O)Nc1cncc(-c2cc3c(-c4nc5c(-c6cc(F)cc(OCCN(C)C)c6)ccnc5[nH]4)n[nH]c3cn2)c1. The molecule has 43 heavy (non-hydrogen) atoms. The van der Waals surface area contributed by atoms with E-state index < -0.39 is 5.82 Å². The van der Waals surface area contributed by atoms with E-state index in [1.807, 2.05) is 45.0 Å². The molecule has 0 saturated carbocycles. The minimum Gasteiger partial charge on any atom is -0.492 e. The highest BCUT2D eigenvalue weighted by Crippen LogP contribution is 2.33. The zero-order chi connectivity index (χ0) is 30.1. The Bertz CT molecular complexity index is 1950. The summed E-state index contributed by atoms with van der Waals surface area (Å²) in [4.78, 5) is 35.6. The number of amides is 1. The molecule has 0 radical (unpaired) electrons. The molecular weight excluding hydrogens is 549 g/mol. The number of benzene rings is 1. The van der Waals surface area contributed by atoms with Crippen LogP contribution in [0.25, 0.3) is 56.0 Å². The standard InChI is InChI=1S/C31H30FN9O2/c1-17(2)31(42)36-21-10-19(14-33-15-21)25-13-24-26(16-35-25)39-40-28(24)30-37-27-23(5-6-34-29(27)38-30)18-9-20(32)12-22(11-18)43-8-7-41(3)4/h5-6,9-17H,7-8H2,1-4H3,(H,36,42)(H,39,40)(H,34,37,38). The number of hydrogen-bond acceptors (Lipinski definition) is 8. The molecule has 12 heteroatoms. The van der Waals surface area contributed by atoms with E-state index in [2.05, 4.69) is 35.5 Å². The van der Waals surface area contributed by atoms with Gasteiger partial charge in [0, 0.05) is 47.4 Å². The summed E-state index contributed by atoms with van der Waals surface area (Å²) in [6.07, 6.45) is 6.63. The van der Waals surface area contributed by atoms with Gasteiger partial charge in [0.15, 0.2) is 11.5 Å². The Morgan fingerprint density at radius 2 is 1.93 bits per heavy atom. The number of fused-ring (bicyclic) bond motifs is 2. The first-order chi connectivity index (χ1) is 20.7. The average molecular weight is 580 g/mol. The molecule has 6 aromatic rings. The van der Waals surface area contributed by atoms with E-state index >= 15 is 0 Å². The van der Waals surface area contributed by atoms with Crippen LogP contribution in [0.15, 0.2) is 61.2 Å². The minimum absolute atomic E-state index is 0.0938. The zero-order valence-electron chi connectivity index (χ0n) is 24.1. The van der Waals surface area contributed by atoms with E-state index in [1.165, 1.54) is 12.1 Å². The number of nitrogens with zero attached hydrogens (tertiary/aromatic N) is 6. The van der Waals surface area contributed by atoms with Crippen molar-refractivity contribution in [2.24, 2.45) is 5.92 Å². The number of nitrogens with one attached hydrogen (secondary N) is 3. The van der Waals surface area contributed by atoms with E-state index in [0.29, 0.717) is 69.6 Å². The Morgan fingerprint density at radius 1 is 1.07 bits per heavy atom. The second-order valence-electron chi connectivity index (χ2n) is 10.8. The third-order valence-electron chi connectivity index (χ3n) is 6.87. The van der Waals surface area contributed by atoms with Crippen LogP contribution in [0.3, 0.4) is 0 Å². The maximum Gasteiger partial charge on any atom is 0.226 e. The number of likely N-dealkylation sites (N-methyl/N-ethyl adjacent to an activating group) is 1. The van der Waals surface area contributed by atoms with Crippen LogP contribution in [0.5, 0.6) is 5.75 Å². The van der Waals surface area contributed by atoms with Crippen molar-refractivity contribution in [3.8, 4) is 39.7 Å². The number of carbonyl (C=O) groups is 1. The molecule has 5 aromatic heterocycles. The molecule has 6 rings (SSSR count). The molecule has 0 bridgehead atoms. The molecule has 0 aliphatic rings. The Hall–Kier alpha value is -5.23. The smallest absolute Gasteiger partial charge is 0.226 e. The lowest BCUT2D eigenvalue weighted by Crippen LogP contribution is -2.19. The van der Waals surface area contributed by atoms with Crippen LogP contribution >= 0.6 is 0 Å². The van der Waals surface area contributed by atoms with Gasteiger partial charge >= 0.3 is 0 Å². The molecule has 1 aromatic carbocycles. The van der Waals surface area contributed by atoms with E-state index in [-0.39, 0.29) is 11.8 Å². The van der Waals surface area contributed by atoms with Gasteiger partial charge in [-0.25, -0.2) is 14.4 Å². The number of carbonyl (C=O) groups excluding carboxylic acids is 1. The topological polar surface area (TPSA) is 138 Å². The summed E-state index contributed by atoms with van der Waals surface area (Å²) in [7, 11) is 3.90. The molecular formula is C31H30FN9O2. The van der Waals surface area contributed by atoms with Gasteiger partial charge in [-0.15, -0.1) is 0 Å². The van der Waals surface area contributed by atoms with E-state index in [4.69, 9.17) is 9.72 Å². The van der Waals surface area contributed by atoms with Gasteiger partial charge in [0.1, 0.15) is 29.4 Å². The van der Waals surface area contributed by atoms with E-state index in [0.717, 1.165) is 10.9 Å². The minimum atomic E-state index is -0.404. The lowest BCUT2D eigenvalue weighted by molar-refractivity contribution is -0.118. The van der Waals surface area contributed by atoms with Crippen molar-refractivity contribution in [2.45, 2.75) is 13.8 Å². The monoisotopic (exact) mass is 579 g/mol. The van der Waals surface area contributed by atoms with Gasteiger partial charge in [-0.2, -0.15) is 5.10 Å². The Labute approximate surface area is 246 Å².